The third kappa shape index (κ3) is 4.85. The summed E-state index contributed by atoms with van der Waals surface area (Å²) in [6.07, 6.45) is 2.37. The average Bonchev–Trinajstić information content (AvgIpc) is 2.29. The molecule has 0 amide bonds. The fourth-order valence-electron chi connectivity index (χ4n) is 1.69. The topological polar surface area (TPSA) is 93.3 Å². The first-order chi connectivity index (χ1) is 8.69. The molecule has 0 fully saturated rings. The van der Waals surface area contributed by atoms with Crippen molar-refractivity contribution in [3.63, 3.8) is 0 Å². The Bertz CT molecular complexity index is 354. The number of aryl methyl sites for hydroxylation is 1. The van der Waals surface area contributed by atoms with Crippen molar-refractivity contribution < 1.29 is 9.84 Å². The first kappa shape index (κ1) is 14.7. The zero-order chi connectivity index (χ0) is 13.4. The van der Waals surface area contributed by atoms with Crippen molar-refractivity contribution in [2.24, 2.45) is 0 Å². The van der Waals surface area contributed by atoms with E-state index in [2.05, 4.69) is 22.2 Å². The summed E-state index contributed by atoms with van der Waals surface area (Å²) in [5.74, 6) is 1.87. The van der Waals surface area contributed by atoms with Crippen molar-refractivity contribution in [1.29, 1.82) is 0 Å². The van der Waals surface area contributed by atoms with Crippen LogP contribution in [0.15, 0.2) is 6.07 Å². The second-order valence-corrected chi connectivity index (χ2v) is 4.15. The summed E-state index contributed by atoms with van der Waals surface area (Å²) in [7, 11) is 1.63. The van der Waals surface area contributed by atoms with Crippen molar-refractivity contribution in [1.82, 2.24) is 9.97 Å². The van der Waals surface area contributed by atoms with Crippen LogP contribution in [0.4, 0.5) is 11.6 Å². The number of hydrogen-bond acceptors (Lipinski definition) is 6. The standard InChI is InChI=1S/C12H22N4O2/c1-3-4-11-15-10(13)7-12(16-11)14-9(5-6-17)8-18-2/h7,9,17H,3-6,8H2,1-2H3,(H3,13,14,15,16). The van der Waals surface area contributed by atoms with Gasteiger partial charge in [-0.1, -0.05) is 6.92 Å². The molecule has 1 aromatic heterocycles. The Morgan fingerprint density at radius 3 is 2.89 bits per heavy atom. The maximum absolute atomic E-state index is 8.98. The zero-order valence-electron chi connectivity index (χ0n) is 11.0. The van der Waals surface area contributed by atoms with E-state index in [1.54, 1.807) is 13.2 Å². The summed E-state index contributed by atoms with van der Waals surface area (Å²) in [5.41, 5.74) is 5.74. The molecule has 0 aromatic carbocycles. The van der Waals surface area contributed by atoms with Crippen LogP contribution in [0, 0.1) is 0 Å². The number of nitrogens with two attached hydrogens (primary N) is 1. The normalized spacial score (nSPS) is 12.4. The lowest BCUT2D eigenvalue weighted by molar-refractivity contribution is 0.170. The lowest BCUT2D eigenvalue weighted by atomic mass is 10.2. The van der Waals surface area contributed by atoms with E-state index in [1.807, 2.05) is 0 Å². The first-order valence-electron chi connectivity index (χ1n) is 6.19. The molecule has 1 atom stereocenters. The molecule has 6 nitrogen and oxygen atoms in total. The third-order valence-electron chi connectivity index (χ3n) is 2.46. The molecule has 0 saturated carbocycles. The van der Waals surface area contributed by atoms with E-state index >= 15 is 0 Å². The summed E-state index contributed by atoms with van der Waals surface area (Å²) in [5, 5.41) is 12.2. The summed E-state index contributed by atoms with van der Waals surface area (Å²) in [6, 6.07) is 1.71. The average molecular weight is 254 g/mol. The Labute approximate surface area is 108 Å². The number of nitrogens with one attached hydrogen (secondary N) is 1. The van der Waals surface area contributed by atoms with Crippen LogP contribution in [-0.2, 0) is 11.2 Å². The van der Waals surface area contributed by atoms with E-state index in [0.29, 0.717) is 24.7 Å². The predicted molar refractivity (Wildman–Crippen MR) is 71.4 cm³/mol. The number of nitrogens with zero attached hydrogens (tertiary/aromatic N) is 2. The van der Waals surface area contributed by atoms with Gasteiger partial charge < -0.3 is 20.9 Å². The van der Waals surface area contributed by atoms with E-state index in [1.165, 1.54) is 0 Å². The van der Waals surface area contributed by atoms with Crippen LogP contribution in [0.1, 0.15) is 25.6 Å². The van der Waals surface area contributed by atoms with Gasteiger partial charge in [0, 0.05) is 26.2 Å². The van der Waals surface area contributed by atoms with Crippen molar-refractivity contribution in [2.45, 2.75) is 32.2 Å². The van der Waals surface area contributed by atoms with Crippen LogP contribution >= 0.6 is 0 Å². The van der Waals surface area contributed by atoms with Gasteiger partial charge in [0.2, 0.25) is 0 Å². The summed E-state index contributed by atoms with van der Waals surface area (Å²) in [4.78, 5) is 8.56. The van der Waals surface area contributed by atoms with Crippen LogP contribution < -0.4 is 11.1 Å². The highest BCUT2D eigenvalue weighted by Crippen LogP contribution is 2.12. The van der Waals surface area contributed by atoms with Gasteiger partial charge in [0.05, 0.1) is 12.6 Å². The van der Waals surface area contributed by atoms with Crippen molar-refractivity contribution in [3.05, 3.63) is 11.9 Å². The number of nitrogen functional groups attached to an aromatic ring is 1. The molecule has 102 valence electrons. The second-order valence-electron chi connectivity index (χ2n) is 4.15. The van der Waals surface area contributed by atoms with E-state index in [-0.39, 0.29) is 12.6 Å². The maximum Gasteiger partial charge on any atom is 0.133 e. The largest absolute Gasteiger partial charge is 0.396 e. The number of methoxy groups -OCH3 is 1. The number of aliphatic hydroxyl groups is 1. The fourth-order valence-corrected chi connectivity index (χ4v) is 1.69. The number of aromatic nitrogens is 2. The van der Waals surface area contributed by atoms with Crippen LogP contribution in [-0.4, -0.2) is 41.4 Å². The number of ether oxygens (including phenoxy) is 1. The van der Waals surface area contributed by atoms with E-state index in [9.17, 15) is 0 Å². The Morgan fingerprint density at radius 1 is 1.50 bits per heavy atom. The first-order valence-corrected chi connectivity index (χ1v) is 6.19. The number of rotatable bonds is 8. The summed E-state index contributed by atoms with van der Waals surface area (Å²) in [6.45, 7) is 2.68. The molecule has 1 aromatic rings. The molecule has 0 aliphatic heterocycles. The van der Waals surface area contributed by atoms with Gasteiger partial charge in [-0.2, -0.15) is 0 Å². The second kappa shape index (κ2) is 7.84. The fraction of sp³-hybridized carbons (Fsp3) is 0.667. The van der Waals surface area contributed by atoms with Gasteiger partial charge in [-0.25, -0.2) is 9.97 Å². The molecule has 0 aliphatic carbocycles. The van der Waals surface area contributed by atoms with Gasteiger partial charge in [-0.3, -0.25) is 0 Å². The highest BCUT2D eigenvalue weighted by Gasteiger charge is 2.10. The molecule has 0 spiro atoms. The molecule has 1 rings (SSSR count). The highest BCUT2D eigenvalue weighted by molar-refractivity contribution is 5.45. The van der Waals surface area contributed by atoms with E-state index in [0.717, 1.165) is 18.7 Å². The lowest BCUT2D eigenvalue weighted by Gasteiger charge is -2.18. The zero-order valence-corrected chi connectivity index (χ0v) is 11.0. The molecular formula is C12H22N4O2. The number of aliphatic hydroxyl groups excluding tert-OH is 1. The van der Waals surface area contributed by atoms with Crippen molar-refractivity contribution >= 4 is 11.6 Å². The Kier molecular flexibility index (Phi) is 6.38. The monoisotopic (exact) mass is 254 g/mol. The molecule has 0 radical (unpaired) electrons. The lowest BCUT2D eigenvalue weighted by Crippen LogP contribution is -2.27. The Hall–Kier alpha value is -1.40. The molecule has 4 N–H and O–H groups in total. The molecule has 0 aliphatic rings. The summed E-state index contributed by atoms with van der Waals surface area (Å²) >= 11 is 0. The van der Waals surface area contributed by atoms with Crippen molar-refractivity contribution in [3.8, 4) is 0 Å². The Balaban J connectivity index is 2.74. The minimum absolute atomic E-state index is 0.0174. The van der Waals surface area contributed by atoms with E-state index in [4.69, 9.17) is 15.6 Å². The van der Waals surface area contributed by atoms with Crippen LogP contribution in [0.3, 0.4) is 0 Å². The number of hydrogen-bond donors (Lipinski definition) is 3. The molecule has 0 bridgehead atoms. The van der Waals surface area contributed by atoms with Crippen LogP contribution in [0.25, 0.3) is 0 Å². The SMILES string of the molecule is CCCc1nc(N)cc(NC(CCO)COC)n1. The minimum atomic E-state index is 0.0174. The van der Waals surface area contributed by atoms with Crippen LogP contribution in [0.2, 0.25) is 0 Å². The summed E-state index contributed by atoms with van der Waals surface area (Å²) < 4.78 is 5.09. The minimum Gasteiger partial charge on any atom is -0.396 e. The quantitative estimate of drug-likeness (QED) is 0.636. The predicted octanol–water partition coefficient (Wildman–Crippen LogP) is 0.821. The van der Waals surface area contributed by atoms with Gasteiger partial charge in [0.25, 0.3) is 0 Å². The molecule has 0 saturated heterocycles. The molecule has 18 heavy (non-hydrogen) atoms. The number of anilines is 2. The molecule has 1 unspecified atom stereocenters. The van der Waals surface area contributed by atoms with Gasteiger partial charge in [-0.15, -0.1) is 0 Å². The van der Waals surface area contributed by atoms with Gasteiger partial charge in [-0.05, 0) is 12.8 Å². The third-order valence-corrected chi connectivity index (χ3v) is 2.46. The molecule has 1 heterocycles. The van der Waals surface area contributed by atoms with Crippen molar-refractivity contribution in [2.75, 3.05) is 31.4 Å². The molecule has 6 heteroatoms. The van der Waals surface area contributed by atoms with Gasteiger partial charge in [0.15, 0.2) is 0 Å². The van der Waals surface area contributed by atoms with E-state index < -0.39 is 0 Å². The van der Waals surface area contributed by atoms with Gasteiger partial charge in [0.1, 0.15) is 17.5 Å². The highest BCUT2D eigenvalue weighted by atomic mass is 16.5. The smallest absolute Gasteiger partial charge is 0.133 e. The Morgan fingerprint density at radius 2 is 2.28 bits per heavy atom. The van der Waals surface area contributed by atoms with Gasteiger partial charge >= 0.3 is 0 Å². The maximum atomic E-state index is 8.98. The molecular weight excluding hydrogens is 232 g/mol. The van der Waals surface area contributed by atoms with Crippen LogP contribution in [0.5, 0.6) is 0 Å².